The third-order valence-electron chi connectivity index (χ3n) is 10.5. The second kappa shape index (κ2) is 9.89. The number of allylic oxidation sites excluding steroid dienone is 8. The van der Waals surface area contributed by atoms with Gasteiger partial charge in [-0.25, -0.2) is 0 Å². The summed E-state index contributed by atoms with van der Waals surface area (Å²) in [7, 11) is 0. The molecule has 46 heavy (non-hydrogen) atoms. The Morgan fingerprint density at radius 1 is 0.674 bits per heavy atom. The van der Waals surface area contributed by atoms with Gasteiger partial charge in [-0.15, -0.1) is 22.7 Å². The van der Waals surface area contributed by atoms with E-state index in [9.17, 15) is 42.1 Å². The van der Waals surface area contributed by atoms with Crippen LogP contribution in [0.15, 0.2) is 81.1 Å². The van der Waals surface area contributed by atoms with Gasteiger partial charge in [0.15, 0.2) is 21.7 Å². The smallest absolute Gasteiger partial charge is 0.194 e. The SMILES string of the molecule is CC1=C2C(=CC3C=C(C(C)C)C2C(C#N)(C#N)C3(C#N)C#N)C2=CC(c3cccs3)(c3cccs3)C(C#N)(C#N)C(C#N)(C#N)C21. The van der Waals surface area contributed by atoms with Gasteiger partial charge < -0.3 is 0 Å². The zero-order valence-corrected chi connectivity index (χ0v) is 26.5. The van der Waals surface area contributed by atoms with E-state index in [0.29, 0.717) is 37.6 Å². The third kappa shape index (κ3) is 2.95. The number of rotatable bonds is 3. The molecule has 10 heteroatoms. The summed E-state index contributed by atoms with van der Waals surface area (Å²) in [5, 5.41) is 90.8. The molecule has 0 N–H and O–H groups in total. The highest BCUT2D eigenvalue weighted by Crippen LogP contribution is 2.72. The normalized spacial score (nSPS) is 26.3. The molecule has 3 unspecified atom stereocenters. The molecule has 2 aromatic rings. The van der Waals surface area contributed by atoms with Crippen molar-refractivity contribution in [1.29, 1.82) is 42.1 Å². The number of hydrogen-bond acceptors (Lipinski definition) is 10. The van der Waals surface area contributed by atoms with Gasteiger partial charge in [0.2, 0.25) is 0 Å². The van der Waals surface area contributed by atoms with Crippen molar-refractivity contribution in [3.8, 4) is 48.6 Å². The molecule has 0 aromatic carbocycles. The number of fused-ring (bicyclic) bond motifs is 2. The summed E-state index contributed by atoms with van der Waals surface area (Å²) in [6.07, 6.45) is 5.38. The quantitative estimate of drug-likeness (QED) is 0.327. The van der Waals surface area contributed by atoms with Crippen LogP contribution in [0.2, 0.25) is 0 Å². The van der Waals surface area contributed by atoms with E-state index in [-0.39, 0.29) is 5.92 Å². The Morgan fingerprint density at radius 2 is 1.20 bits per heavy atom. The molecule has 2 bridgehead atoms. The summed E-state index contributed by atoms with van der Waals surface area (Å²) < 4.78 is 0. The van der Waals surface area contributed by atoms with E-state index in [4.69, 9.17) is 0 Å². The van der Waals surface area contributed by atoms with Crippen LogP contribution in [0.25, 0.3) is 0 Å². The fraction of sp³-hybridized carbons (Fsp3) is 0.333. The first-order valence-electron chi connectivity index (χ1n) is 14.4. The van der Waals surface area contributed by atoms with E-state index < -0.39 is 44.8 Å². The second-order valence-corrected chi connectivity index (χ2v) is 14.2. The van der Waals surface area contributed by atoms with Gasteiger partial charge in [-0.05, 0) is 52.5 Å². The largest absolute Gasteiger partial charge is 0.196 e. The molecule has 218 valence electrons. The van der Waals surface area contributed by atoms with Gasteiger partial charge >= 0.3 is 0 Å². The molecule has 2 heterocycles. The summed E-state index contributed by atoms with van der Waals surface area (Å²) in [5.41, 5.74) is -7.56. The molecule has 0 fully saturated rings. The minimum absolute atomic E-state index is 0.195. The van der Waals surface area contributed by atoms with E-state index >= 15 is 0 Å². The Hall–Kier alpha value is -5.72. The van der Waals surface area contributed by atoms with Crippen molar-refractivity contribution in [2.45, 2.75) is 26.2 Å². The average Bonchev–Trinajstić information content (AvgIpc) is 3.83. The summed E-state index contributed by atoms with van der Waals surface area (Å²) in [4.78, 5) is 1.19. The number of hydrogen-bond donors (Lipinski definition) is 0. The first kappa shape index (κ1) is 30.3. The van der Waals surface area contributed by atoms with Crippen molar-refractivity contribution in [1.82, 2.24) is 0 Å². The van der Waals surface area contributed by atoms with Gasteiger partial charge in [-0.2, -0.15) is 42.1 Å². The molecule has 5 aliphatic carbocycles. The maximum Gasteiger partial charge on any atom is 0.194 e. The van der Waals surface area contributed by atoms with Crippen molar-refractivity contribution in [2.75, 3.05) is 0 Å². The van der Waals surface area contributed by atoms with Gasteiger partial charge in [-0.1, -0.05) is 55.4 Å². The van der Waals surface area contributed by atoms with Crippen LogP contribution in [-0.2, 0) is 5.41 Å². The van der Waals surface area contributed by atoms with Crippen LogP contribution in [0.3, 0.4) is 0 Å². The molecule has 3 atom stereocenters. The molecular weight excluding hydrogens is 609 g/mol. The summed E-state index contributed by atoms with van der Waals surface area (Å²) in [6, 6.07) is 24.3. The standard InChI is InChI=1S/C36H22N8S2/c1-21(2)24-10-23-11-25-26-12-36(27-6-4-8-45-27,28-7-5-9-46-28)35(19-43,20-44)34(17-41,18-42)30(26)22(3)29(25)31(24)33(15-39,16-40)32(23,13-37)14-38/h4-12,21,23,30-31H,1-3H3. The van der Waals surface area contributed by atoms with Gasteiger partial charge in [-0.3, -0.25) is 0 Å². The molecule has 0 radical (unpaired) electrons. The lowest BCUT2D eigenvalue weighted by Crippen LogP contribution is -2.59. The van der Waals surface area contributed by atoms with Crippen molar-refractivity contribution < 1.29 is 0 Å². The Labute approximate surface area is 274 Å². The highest BCUT2D eigenvalue weighted by atomic mass is 32.1. The molecule has 0 saturated heterocycles. The minimum atomic E-state index is -2.25. The van der Waals surface area contributed by atoms with Crippen LogP contribution in [0, 0.1) is 136 Å². The Bertz CT molecular complexity index is 2080. The second-order valence-electron chi connectivity index (χ2n) is 12.3. The van der Waals surface area contributed by atoms with Crippen molar-refractivity contribution in [3.05, 3.63) is 90.9 Å². The van der Waals surface area contributed by atoms with E-state index in [2.05, 4.69) is 48.6 Å². The molecule has 0 aliphatic heterocycles. The maximum absolute atomic E-state index is 11.1. The summed E-state index contributed by atoms with van der Waals surface area (Å²) >= 11 is 2.61. The molecule has 8 nitrogen and oxygen atoms in total. The Morgan fingerprint density at radius 3 is 1.61 bits per heavy atom. The number of thiophene rings is 2. The van der Waals surface area contributed by atoms with Crippen LogP contribution in [0.1, 0.15) is 30.5 Å². The molecule has 7 rings (SSSR count). The monoisotopic (exact) mass is 630 g/mol. The van der Waals surface area contributed by atoms with Gasteiger partial charge in [0, 0.05) is 27.5 Å². The molecule has 5 aliphatic rings. The Kier molecular flexibility index (Phi) is 6.52. The molecular formula is C36H22N8S2. The van der Waals surface area contributed by atoms with Gasteiger partial charge in [0.25, 0.3) is 0 Å². The maximum atomic E-state index is 11.1. The van der Waals surface area contributed by atoms with E-state index in [1.54, 1.807) is 37.3 Å². The fourth-order valence-corrected chi connectivity index (χ4v) is 10.5. The molecule has 2 aromatic heterocycles. The lowest BCUT2D eigenvalue weighted by Gasteiger charge is -2.51. The Balaban J connectivity index is 1.86. The number of nitrogens with zero attached hydrogens (tertiary/aromatic N) is 8. The van der Waals surface area contributed by atoms with Gasteiger partial charge in [0.05, 0.1) is 54.0 Å². The van der Waals surface area contributed by atoms with E-state index in [1.165, 1.54) is 22.7 Å². The average molecular weight is 631 g/mol. The van der Waals surface area contributed by atoms with Crippen molar-refractivity contribution in [3.63, 3.8) is 0 Å². The van der Waals surface area contributed by atoms with Crippen LogP contribution >= 0.6 is 22.7 Å². The molecule has 0 amide bonds. The third-order valence-corrected chi connectivity index (χ3v) is 12.5. The van der Waals surface area contributed by atoms with Crippen molar-refractivity contribution >= 4 is 22.7 Å². The van der Waals surface area contributed by atoms with E-state index in [1.807, 2.05) is 36.8 Å². The van der Waals surface area contributed by atoms with Crippen LogP contribution < -0.4 is 0 Å². The zero-order chi connectivity index (χ0) is 33.3. The minimum Gasteiger partial charge on any atom is -0.196 e. The summed E-state index contributed by atoms with van der Waals surface area (Å²) in [5.74, 6) is -3.30. The molecule has 0 saturated carbocycles. The fourth-order valence-electron chi connectivity index (χ4n) is 8.52. The highest BCUT2D eigenvalue weighted by molar-refractivity contribution is 7.12. The number of nitriles is 8. The predicted molar refractivity (Wildman–Crippen MR) is 166 cm³/mol. The van der Waals surface area contributed by atoms with Crippen LogP contribution in [-0.4, -0.2) is 0 Å². The van der Waals surface area contributed by atoms with E-state index in [0.717, 1.165) is 0 Å². The van der Waals surface area contributed by atoms with Crippen LogP contribution in [0.4, 0.5) is 0 Å². The predicted octanol–water partition coefficient (Wildman–Crippen LogP) is 6.88. The van der Waals surface area contributed by atoms with Crippen molar-refractivity contribution in [2.24, 2.45) is 45.3 Å². The zero-order valence-electron chi connectivity index (χ0n) is 24.9. The van der Waals surface area contributed by atoms with Gasteiger partial charge in [0.1, 0.15) is 0 Å². The van der Waals surface area contributed by atoms with Crippen LogP contribution in [0.5, 0.6) is 0 Å². The first-order chi connectivity index (χ1) is 22.1. The first-order valence-corrected chi connectivity index (χ1v) is 16.1. The lowest BCUT2D eigenvalue weighted by atomic mass is 9.43. The highest BCUT2D eigenvalue weighted by Gasteiger charge is 2.76. The lowest BCUT2D eigenvalue weighted by molar-refractivity contribution is 0.163. The molecule has 0 spiro atoms. The summed E-state index contributed by atoms with van der Waals surface area (Å²) in [6.45, 7) is 5.53. The topological polar surface area (TPSA) is 190 Å².